The minimum absolute atomic E-state index is 0.290. The standard InChI is InChI=1S/C19H15N3O3/c1-25-19(24)15-8-4-5-9-17(15)22-18(23)14-7-3-2-6-13(14)16-10-11-20-12-21-16/h2-12H,1H3,(H,22,23). The maximum Gasteiger partial charge on any atom is 0.339 e. The van der Waals surface area contributed by atoms with Crippen molar-refractivity contribution in [3.8, 4) is 11.3 Å². The summed E-state index contributed by atoms with van der Waals surface area (Å²) in [7, 11) is 1.30. The SMILES string of the molecule is COC(=O)c1ccccc1NC(=O)c1ccccc1-c1ccncn1. The number of methoxy groups -OCH3 is 1. The monoisotopic (exact) mass is 333 g/mol. The highest BCUT2D eigenvalue weighted by Gasteiger charge is 2.17. The molecule has 0 spiro atoms. The van der Waals surface area contributed by atoms with Crippen molar-refractivity contribution < 1.29 is 14.3 Å². The second kappa shape index (κ2) is 7.35. The first-order valence-corrected chi connectivity index (χ1v) is 7.55. The molecule has 6 nitrogen and oxygen atoms in total. The van der Waals surface area contributed by atoms with Crippen LogP contribution in [0.25, 0.3) is 11.3 Å². The molecule has 0 saturated carbocycles. The molecule has 0 aliphatic rings. The van der Waals surface area contributed by atoms with Gasteiger partial charge in [0.05, 0.1) is 24.1 Å². The number of hydrogen-bond donors (Lipinski definition) is 1. The number of carbonyl (C=O) groups is 2. The molecular formula is C19H15N3O3. The first kappa shape index (κ1) is 16.3. The van der Waals surface area contributed by atoms with Crippen molar-refractivity contribution in [1.82, 2.24) is 9.97 Å². The van der Waals surface area contributed by atoms with Gasteiger partial charge in [0.2, 0.25) is 0 Å². The summed E-state index contributed by atoms with van der Waals surface area (Å²) < 4.78 is 4.75. The van der Waals surface area contributed by atoms with Crippen LogP contribution in [0, 0.1) is 0 Å². The summed E-state index contributed by atoms with van der Waals surface area (Å²) in [5.41, 5.74) is 2.44. The molecule has 1 N–H and O–H groups in total. The van der Waals surface area contributed by atoms with Gasteiger partial charge in [-0.1, -0.05) is 30.3 Å². The molecule has 0 fully saturated rings. The Hall–Kier alpha value is -3.54. The number of hydrogen-bond acceptors (Lipinski definition) is 5. The van der Waals surface area contributed by atoms with Crippen LogP contribution in [-0.2, 0) is 4.74 Å². The molecule has 1 heterocycles. The fraction of sp³-hybridized carbons (Fsp3) is 0.0526. The number of nitrogens with zero attached hydrogens (tertiary/aromatic N) is 2. The highest BCUT2D eigenvalue weighted by atomic mass is 16.5. The topological polar surface area (TPSA) is 81.2 Å². The molecule has 0 saturated heterocycles. The molecule has 1 aromatic heterocycles. The summed E-state index contributed by atoms with van der Waals surface area (Å²) in [6.45, 7) is 0. The van der Waals surface area contributed by atoms with E-state index >= 15 is 0 Å². The fourth-order valence-electron chi connectivity index (χ4n) is 2.42. The maximum atomic E-state index is 12.8. The third-order valence-corrected chi connectivity index (χ3v) is 3.61. The molecule has 124 valence electrons. The smallest absolute Gasteiger partial charge is 0.339 e. The molecule has 0 atom stereocenters. The molecule has 0 aliphatic carbocycles. The summed E-state index contributed by atoms with van der Waals surface area (Å²) in [5.74, 6) is -0.856. The average Bonchev–Trinajstić information content (AvgIpc) is 2.68. The number of amides is 1. The van der Waals surface area contributed by atoms with Gasteiger partial charge in [-0.2, -0.15) is 0 Å². The number of nitrogens with one attached hydrogen (secondary N) is 1. The number of benzene rings is 2. The van der Waals surface area contributed by atoms with E-state index < -0.39 is 5.97 Å². The van der Waals surface area contributed by atoms with Gasteiger partial charge in [-0.3, -0.25) is 4.79 Å². The summed E-state index contributed by atoms with van der Waals surface area (Å²) in [6.07, 6.45) is 3.04. The molecule has 3 rings (SSSR count). The lowest BCUT2D eigenvalue weighted by Gasteiger charge is -2.12. The lowest BCUT2D eigenvalue weighted by atomic mass is 10.0. The average molecular weight is 333 g/mol. The number of anilines is 1. The Labute approximate surface area is 144 Å². The summed E-state index contributed by atoms with van der Waals surface area (Å²) >= 11 is 0. The number of carbonyl (C=O) groups excluding carboxylic acids is 2. The molecule has 1 amide bonds. The van der Waals surface area contributed by atoms with Crippen LogP contribution in [0.15, 0.2) is 67.1 Å². The van der Waals surface area contributed by atoms with Gasteiger partial charge in [0.1, 0.15) is 6.33 Å². The van der Waals surface area contributed by atoms with Gasteiger partial charge in [-0.25, -0.2) is 14.8 Å². The van der Waals surface area contributed by atoms with Crippen LogP contribution in [0.4, 0.5) is 5.69 Å². The summed E-state index contributed by atoms with van der Waals surface area (Å²) in [6, 6.07) is 15.5. The minimum Gasteiger partial charge on any atom is -0.465 e. The van der Waals surface area contributed by atoms with Crippen LogP contribution < -0.4 is 5.32 Å². The number of para-hydroxylation sites is 1. The molecule has 25 heavy (non-hydrogen) atoms. The van der Waals surface area contributed by atoms with E-state index in [1.54, 1.807) is 48.7 Å². The summed E-state index contributed by atoms with van der Waals surface area (Å²) in [5, 5.41) is 2.77. The number of aromatic nitrogens is 2. The van der Waals surface area contributed by atoms with Crippen molar-refractivity contribution in [1.29, 1.82) is 0 Å². The second-order valence-electron chi connectivity index (χ2n) is 5.13. The van der Waals surface area contributed by atoms with E-state index in [2.05, 4.69) is 15.3 Å². The van der Waals surface area contributed by atoms with Crippen molar-refractivity contribution in [3.63, 3.8) is 0 Å². The highest BCUT2D eigenvalue weighted by molar-refractivity contribution is 6.11. The van der Waals surface area contributed by atoms with Crippen molar-refractivity contribution in [2.45, 2.75) is 0 Å². The van der Waals surface area contributed by atoms with E-state index in [4.69, 9.17) is 4.74 Å². The Morgan fingerprint density at radius 3 is 2.40 bits per heavy atom. The van der Waals surface area contributed by atoms with Crippen molar-refractivity contribution in [3.05, 3.63) is 78.2 Å². The molecule has 3 aromatic rings. The quantitative estimate of drug-likeness (QED) is 0.742. The molecular weight excluding hydrogens is 318 g/mol. The third-order valence-electron chi connectivity index (χ3n) is 3.61. The molecule has 6 heteroatoms. The first-order valence-electron chi connectivity index (χ1n) is 7.55. The van der Waals surface area contributed by atoms with E-state index in [-0.39, 0.29) is 11.5 Å². The molecule has 0 aliphatic heterocycles. The minimum atomic E-state index is -0.514. The predicted molar refractivity (Wildman–Crippen MR) is 93.2 cm³/mol. The normalized spacial score (nSPS) is 10.1. The molecule has 0 bridgehead atoms. The van der Waals surface area contributed by atoms with Crippen LogP contribution in [0.1, 0.15) is 20.7 Å². The first-order chi connectivity index (χ1) is 12.2. The van der Waals surface area contributed by atoms with Crippen molar-refractivity contribution >= 4 is 17.6 Å². The largest absolute Gasteiger partial charge is 0.465 e. The summed E-state index contributed by atoms with van der Waals surface area (Å²) in [4.78, 5) is 32.7. The Kier molecular flexibility index (Phi) is 4.80. The zero-order valence-corrected chi connectivity index (χ0v) is 13.5. The van der Waals surface area contributed by atoms with Crippen LogP contribution >= 0.6 is 0 Å². The number of esters is 1. The number of ether oxygens (including phenoxy) is 1. The van der Waals surface area contributed by atoms with E-state index in [1.807, 2.05) is 12.1 Å². The van der Waals surface area contributed by atoms with Crippen molar-refractivity contribution in [2.24, 2.45) is 0 Å². The van der Waals surface area contributed by atoms with Gasteiger partial charge < -0.3 is 10.1 Å². The van der Waals surface area contributed by atoms with Crippen LogP contribution in [0.3, 0.4) is 0 Å². The van der Waals surface area contributed by atoms with E-state index in [1.165, 1.54) is 13.4 Å². The molecule has 0 radical (unpaired) electrons. The highest BCUT2D eigenvalue weighted by Crippen LogP contribution is 2.23. The zero-order chi connectivity index (χ0) is 17.6. The van der Waals surface area contributed by atoms with Gasteiger partial charge in [0.15, 0.2) is 0 Å². The van der Waals surface area contributed by atoms with Gasteiger partial charge in [0.25, 0.3) is 5.91 Å². The predicted octanol–water partition coefficient (Wildman–Crippen LogP) is 3.18. The van der Waals surface area contributed by atoms with E-state index in [0.717, 1.165) is 0 Å². The third kappa shape index (κ3) is 3.53. The van der Waals surface area contributed by atoms with Gasteiger partial charge in [0, 0.05) is 17.3 Å². The lowest BCUT2D eigenvalue weighted by molar-refractivity contribution is 0.0602. The lowest BCUT2D eigenvalue weighted by Crippen LogP contribution is -2.16. The maximum absolute atomic E-state index is 12.8. The van der Waals surface area contributed by atoms with E-state index in [0.29, 0.717) is 22.5 Å². The van der Waals surface area contributed by atoms with E-state index in [9.17, 15) is 9.59 Å². The zero-order valence-electron chi connectivity index (χ0n) is 13.5. The van der Waals surface area contributed by atoms with Crippen molar-refractivity contribution in [2.75, 3.05) is 12.4 Å². The Morgan fingerprint density at radius 1 is 0.960 bits per heavy atom. The van der Waals surface area contributed by atoms with Gasteiger partial charge in [-0.05, 0) is 24.3 Å². The second-order valence-corrected chi connectivity index (χ2v) is 5.13. The van der Waals surface area contributed by atoms with Crippen LogP contribution in [-0.4, -0.2) is 29.0 Å². The van der Waals surface area contributed by atoms with Crippen LogP contribution in [0.2, 0.25) is 0 Å². The molecule has 2 aromatic carbocycles. The van der Waals surface area contributed by atoms with Gasteiger partial charge >= 0.3 is 5.97 Å². The number of rotatable bonds is 4. The van der Waals surface area contributed by atoms with Gasteiger partial charge in [-0.15, -0.1) is 0 Å². The Bertz CT molecular complexity index is 911. The van der Waals surface area contributed by atoms with Crippen LogP contribution in [0.5, 0.6) is 0 Å². The Balaban J connectivity index is 1.95. The fourth-order valence-corrected chi connectivity index (χ4v) is 2.42. The molecule has 0 unspecified atom stereocenters. The Morgan fingerprint density at radius 2 is 1.68 bits per heavy atom.